The maximum Gasteiger partial charge on any atom is 0.229 e. The summed E-state index contributed by atoms with van der Waals surface area (Å²) in [4.78, 5) is 18.8. The van der Waals surface area contributed by atoms with Gasteiger partial charge in [0, 0.05) is 53.9 Å². The molecule has 2 aromatic carbocycles. The van der Waals surface area contributed by atoms with Crippen molar-refractivity contribution in [3.05, 3.63) is 53.4 Å². The second-order valence-corrected chi connectivity index (χ2v) is 10.4. The lowest BCUT2D eigenvalue weighted by atomic mass is 10.0. The van der Waals surface area contributed by atoms with Gasteiger partial charge in [0.05, 0.1) is 12.1 Å². The lowest BCUT2D eigenvalue weighted by Crippen LogP contribution is -2.51. The molecule has 3 aliphatic rings. The SMILES string of the molecule is Fc1c(-c2cccc3cccc(Cl)c23)ncc2c(N3CC4CCC(C3)N4)nc(N3CCCNC3)nc12. The minimum atomic E-state index is -0.437. The first kappa shape index (κ1) is 22.2. The molecule has 5 heterocycles. The van der Waals surface area contributed by atoms with Gasteiger partial charge in [0.25, 0.3) is 0 Å². The Morgan fingerprint density at radius 1 is 1.00 bits per heavy atom. The Kier molecular flexibility index (Phi) is 5.41. The number of hydrogen-bond acceptors (Lipinski definition) is 7. The normalized spacial score (nSPS) is 22.1. The van der Waals surface area contributed by atoms with Crippen LogP contribution in [0.5, 0.6) is 0 Å². The lowest BCUT2D eigenvalue weighted by molar-refractivity contribution is 0.463. The molecule has 3 saturated heterocycles. The molecule has 7 rings (SSSR count). The van der Waals surface area contributed by atoms with Gasteiger partial charge in [-0.05, 0) is 37.3 Å². The number of rotatable bonds is 3. The van der Waals surface area contributed by atoms with E-state index in [0.29, 0.717) is 46.2 Å². The molecule has 3 aliphatic heterocycles. The molecule has 0 radical (unpaired) electrons. The van der Waals surface area contributed by atoms with E-state index in [0.717, 1.165) is 62.0 Å². The standard InChI is InChI=1S/C27H27ClFN7/c28-21-7-2-5-16-4-1-6-19(22(16)21)24-23(29)25-20(12-31-24)26(36-13-17-8-9-18(14-36)32-17)34-27(33-25)35-11-3-10-30-15-35/h1-2,4-7,12,17-18,30,32H,3,8-11,13-15H2. The van der Waals surface area contributed by atoms with Crippen LogP contribution in [0.4, 0.5) is 16.2 Å². The molecule has 2 unspecified atom stereocenters. The van der Waals surface area contributed by atoms with Gasteiger partial charge in [-0.1, -0.05) is 41.9 Å². The van der Waals surface area contributed by atoms with Crippen molar-refractivity contribution in [2.24, 2.45) is 0 Å². The number of hydrogen-bond donors (Lipinski definition) is 2. The Labute approximate surface area is 213 Å². The number of nitrogens with zero attached hydrogens (tertiary/aromatic N) is 5. The summed E-state index contributed by atoms with van der Waals surface area (Å²) in [6.07, 6.45) is 5.05. The van der Waals surface area contributed by atoms with Crippen LogP contribution < -0.4 is 20.4 Å². The maximum absolute atomic E-state index is 16.4. The summed E-state index contributed by atoms with van der Waals surface area (Å²) >= 11 is 6.57. The fourth-order valence-corrected chi connectivity index (χ4v) is 6.21. The minimum Gasteiger partial charge on any atom is -0.353 e. The summed E-state index contributed by atoms with van der Waals surface area (Å²) < 4.78 is 16.4. The monoisotopic (exact) mass is 503 g/mol. The van der Waals surface area contributed by atoms with Crippen molar-refractivity contribution < 1.29 is 4.39 Å². The molecule has 2 bridgehead atoms. The van der Waals surface area contributed by atoms with Gasteiger partial charge in [0.2, 0.25) is 5.95 Å². The van der Waals surface area contributed by atoms with Crippen molar-refractivity contribution in [1.82, 2.24) is 25.6 Å². The van der Waals surface area contributed by atoms with E-state index < -0.39 is 5.82 Å². The fourth-order valence-electron chi connectivity index (χ4n) is 5.92. The second kappa shape index (κ2) is 8.80. The van der Waals surface area contributed by atoms with Gasteiger partial charge in [0.15, 0.2) is 5.82 Å². The molecule has 2 atom stereocenters. The van der Waals surface area contributed by atoms with Crippen molar-refractivity contribution in [2.75, 3.05) is 42.6 Å². The molecule has 184 valence electrons. The van der Waals surface area contributed by atoms with E-state index in [1.54, 1.807) is 6.20 Å². The molecule has 0 saturated carbocycles. The highest BCUT2D eigenvalue weighted by Gasteiger charge is 2.34. The Morgan fingerprint density at radius 2 is 1.81 bits per heavy atom. The van der Waals surface area contributed by atoms with Crippen molar-refractivity contribution in [2.45, 2.75) is 31.3 Å². The van der Waals surface area contributed by atoms with E-state index in [-0.39, 0.29) is 5.69 Å². The van der Waals surface area contributed by atoms with E-state index >= 15 is 4.39 Å². The Balaban J connectivity index is 1.43. The Bertz CT molecular complexity index is 1450. The first-order valence-electron chi connectivity index (χ1n) is 12.7. The highest BCUT2D eigenvalue weighted by atomic mass is 35.5. The average Bonchev–Trinajstić information content (AvgIpc) is 3.26. The molecule has 4 aromatic rings. The van der Waals surface area contributed by atoms with Gasteiger partial charge < -0.3 is 15.1 Å². The summed E-state index contributed by atoms with van der Waals surface area (Å²) in [6, 6.07) is 12.3. The van der Waals surface area contributed by atoms with Gasteiger partial charge in [-0.25, -0.2) is 9.37 Å². The number of benzene rings is 2. The van der Waals surface area contributed by atoms with Gasteiger partial charge in [0.1, 0.15) is 17.0 Å². The molecule has 9 heteroatoms. The van der Waals surface area contributed by atoms with Crippen LogP contribution in [0, 0.1) is 5.82 Å². The third-order valence-electron chi connectivity index (χ3n) is 7.64. The van der Waals surface area contributed by atoms with E-state index in [2.05, 4.69) is 25.4 Å². The molecule has 2 aromatic heterocycles. The maximum atomic E-state index is 16.4. The predicted octanol–water partition coefficient (Wildman–Crippen LogP) is 4.34. The van der Waals surface area contributed by atoms with E-state index in [1.165, 1.54) is 0 Å². The van der Waals surface area contributed by atoms with Gasteiger partial charge >= 0.3 is 0 Å². The number of anilines is 2. The topological polar surface area (TPSA) is 69.2 Å². The summed E-state index contributed by atoms with van der Waals surface area (Å²) in [5.41, 5.74) is 1.23. The highest BCUT2D eigenvalue weighted by Crippen LogP contribution is 2.38. The molecule has 0 amide bonds. The van der Waals surface area contributed by atoms with Crippen molar-refractivity contribution in [3.8, 4) is 11.3 Å². The number of nitrogens with one attached hydrogen (secondary N) is 2. The third-order valence-corrected chi connectivity index (χ3v) is 7.96. The number of halogens is 2. The molecular weight excluding hydrogens is 477 g/mol. The summed E-state index contributed by atoms with van der Waals surface area (Å²) in [5.74, 6) is 0.892. The smallest absolute Gasteiger partial charge is 0.229 e. The van der Waals surface area contributed by atoms with Crippen LogP contribution >= 0.6 is 11.6 Å². The Hall–Kier alpha value is -3.07. The quantitative estimate of drug-likeness (QED) is 0.431. The fraction of sp³-hybridized carbons (Fsp3) is 0.370. The molecule has 36 heavy (non-hydrogen) atoms. The zero-order valence-electron chi connectivity index (χ0n) is 19.8. The zero-order chi connectivity index (χ0) is 24.2. The summed E-state index contributed by atoms with van der Waals surface area (Å²) in [6.45, 7) is 4.15. The second-order valence-electron chi connectivity index (χ2n) is 9.99. The number of fused-ring (bicyclic) bond motifs is 4. The van der Waals surface area contributed by atoms with E-state index in [1.807, 2.05) is 36.4 Å². The third kappa shape index (κ3) is 3.67. The van der Waals surface area contributed by atoms with E-state index in [9.17, 15) is 0 Å². The van der Waals surface area contributed by atoms with Crippen molar-refractivity contribution >= 4 is 45.0 Å². The van der Waals surface area contributed by atoms with Crippen LogP contribution in [0.15, 0.2) is 42.6 Å². The minimum absolute atomic E-state index is 0.258. The van der Waals surface area contributed by atoms with Crippen LogP contribution in [0.25, 0.3) is 32.9 Å². The lowest BCUT2D eigenvalue weighted by Gasteiger charge is -2.35. The van der Waals surface area contributed by atoms with Crippen LogP contribution in [0.1, 0.15) is 19.3 Å². The van der Waals surface area contributed by atoms with E-state index in [4.69, 9.17) is 21.6 Å². The largest absolute Gasteiger partial charge is 0.353 e. The first-order chi connectivity index (χ1) is 17.7. The predicted molar refractivity (Wildman–Crippen MR) is 142 cm³/mol. The van der Waals surface area contributed by atoms with Gasteiger partial charge in [-0.2, -0.15) is 4.98 Å². The van der Waals surface area contributed by atoms with Crippen LogP contribution in [-0.2, 0) is 0 Å². The first-order valence-corrected chi connectivity index (χ1v) is 13.0. The molecule has 3 fully saturated rings. The molecule has 7 nitrogen and oxygen atoms in total. The number of pyridine rings is 1. The molecule has 0 aliphatic carbocycles. The molecular formula is C27H27ClFN7. The number of piperazine rings is 1. The molecule has 2 N–H and O–H groups in total. The number of aromatic nitrogens is 3. The van der Waals surface area contributed by atoms with Crippen LogP contribution in [0.2, 0.25) is 5.02 Å². The van der Waals surface area contributed by atoms with Crippen LogP contribution in [0.3, 0.4) is 0 Å². The van der Waals surface area contributed by atoms with Crippen molar-refractivity contribution in [3.63, 3.8) is 0 Å². The average molecular weight is 504 g/mol. The van der Waals surface area contributed by atoms with Crippen LogP contribution in [-0.4, -0.2) is 59.9 Å². The van der Waals surface area contributed by atoms with Gasteiger partial charge in [-0.3, -0.25) is 10.3 Å². The zero-order valence-corrected chi connectivity index (χ0v) is 20.6. The summed E-state index contributed by atoms with van der Waals surface area (Å²) in [7, 11) is 0. The van der Waals surface area contributed by atoms with Gasteiger partial charge in [-0.15, -0.1) is 0 Å². The Morgan fingerprint density at radius 3 is 2.58 bits per heavy atom. The summed E-state index contributed by atoms with van der Waals surface area (Å²) in [5, 5.41) is 10.0. The van der Waals surface area contributed by atoms with Crippen molar-refractivity contribution in [1.29, 1.82) is 0 Å². The highest BCUT2D eigenvalue weighted by molar-refractivity contribution is 6.36. The molecule has 0 spiro atoms.